The molecule has 1 atom stereocenters. The largest absolute Gasteiger partial charge is 0.497 e. The quantitative estimate of drug-likeness (QED) is 0.439. The molecule has 0 radical (unpaired) electrons. The molecule has 0 bridgehead atoms. The molecular weight excluding hydrogens is 363 g/mol. The molecular formula is C17H19IO2. The third-order valence-corrected chi connectivity index (χ3v) is 4.32. The van der Waals surface area contributed by atoms with Crippen molar-refractivity contribution in [2.75, 3.05) is 13.7 Å². The molecule has 106 valence electrons. The van der Waals surface area contributed by atoms with Crippen LogP contribution in [0.4, 0.5) is 0 Å². The third-order valence-electron chi connectivity index (χ3n) is 3.19. The van der Waals surface area contributed by atoms with Gasteiger partial charge in [-0.1, -0.05) is 17.9 Å². The second-order valence-corrected chi connectivity index (χ2v) is 5.91. The first-order valence-electron chi connectivity index (χ1n) is 6.89. The molecule has 1 aromatic rings. The summed E-state index contributed by atoms with van der Waals surface area (Å²) < 4.78 is 12.3. The van der Waals surface area contributed by atoms with E-state index in [0.29, 0.717) is 12.7 Å². The van der Waals surface area contributed by atoms with Gasteiger partial charge in [-0.25, -0.2) is 0 Å². The van der Waals surface area contributed by atoms with Crippen LogP contribution in [0.2, 0.25) is 0 Å². The van der Waals surface area contributed by atoms with Crippen molar-refractivity contribution >= 4 is 22.6 Å². The van der Waals surface area contributed by atoms with Gasteiger partial charge in [-0.2, -0.15) is 0 Å². The van der Waals surface area contributed by atoms with E-state index in [0.717, 1.165) is 24.2 Å². The third kappa shape index (κ3) is 4.84. The Morgan fingerprint density at radius 2 is 2.10 bits per heavy atom. The molecule has 1 aromatic carbocycles. The molecule has 0 heterocycles. The van der Waals surface area contributed by atoms with Crippen LogP contribution in [0.3, 0.4) is 0 Å². The summed E-state index contributed by atoms with van der Waals surface area (Å²) in [5.74, 6) is 7.16. The Bertz CT molecular complexity index is 508. The minimum absolute atomic E-state index is 0.298. The summed E-state index contributed by atoms with van der Waals surface area (Å²) in [6.07, 6.45) is 6.90. The van der Waals surface area contributed by atoms with Crippen molar-refractivity contribution in [1.29, 1.82) is 0 Å². The zero-order chi connectivity index (χ0) is 14.2. The molecule has 0 saturated heterocycles. The first-order valence-corrected chi connectivity index (χ1v) is 7.97. The highest BCUT2D eigenvalue weighted by atomic mass is 127. The van der Waals surface area contributed by atoms with E-state index >= 15 is 0 Å². The summed E-state index contributed by atoms with van der Waals surface area (Å²) in [7, 11) is 1.67. The molecule has 0 aromatic heterocycles. The van der Waals surface area contributed by atoms with Gasteiger partial charge in [0, 0.05) is 15.6 Å². The van der Waals surface area contributed by atoms with Crippen LogP contribution in [-0.2, 0) is 4.74 Å². The van der Waals surface area contributed by atoms with Crippen molar-refractivity contribution in [3.05, 3.63) is 39.5 Å². The van der Waals surface area contributed by atoms with Crippen molar-refractivity contribution in [3.63, 3.8) is 0 Å². The van der Waals surface area contributed by atoms with Crippen LogP contribution in [0, 0.1) is 11.8 Å². The predicted molar refractivity (Wildman–Crippen MR) is 90.2 cm³/mol. The normalized spacial score (nSPS) is 17.9. The lowest BCUT2D eigenvalue weighted by Crippen LogP contribution is -2.16. The van der Waals surface area contributed by atoms with Crippen LogP contribution in [0.15, 0.2) is 33.9 Å². The highest BCUT2D eigenvalue weighted by Crippen LogP contribution is 2.26. The number of hydrogen-bond donors (Lipinski definition) is 0. The van der Waals surface area contributed by atoms with Gasteiger partial charge in [-0.05, 0) is 66.1 Å². The minimum Gasteiger partial charge on any atom is -0.497 e. The van der Waals surface area contributed by atoms with E-state index in [2.05, 4.69) is 40.5 Å². The first kappa shape index (κ1) is 15.4. The number of halogens is 1. The number of ether oxygens (including phenoxy) is 2. The van der Waals surface area contributed by atoms with Crippen LogP contribution in [0.25, 0.3) is 0 Å². The Morgan fingerprint density at radius 1 is 1.30 bits per heavy atom. The fourth-order valence-electron chi connectivity index (χ4n) is 2.07. The molecule has 1 aliphatic carbocycles. The predicted octanol–water partition coefficient (Wildman–Crippen LogP) is 4.32. The number of allylic oxidation sites excluding steroid dienone is 1. The van der Waals surface area contributed by atoms with E-state index in [1.165, 1.54) is 16.4 Å². The molecule has 2 nitrogen and oxygen atoms in total. The van der Waals surface area contributed by atoms with Gasteiger partial charge in [0.05, 0.1) is 19.8 Å². The summed E-state index contributed by atoms with van der Waals surface area (Å²) in [6.45, 7) is 0.703. The lowest BCUT2D eigenvalue weighted by atomic mass is 10.1. The van der Waals surface area contributed by atoms with Gasteiger partial charge in [0.2, 0.25) is 0 Å². The highest BCUT2D eigenvalue weighted by molar-refractivity contribution is 14.1. The number of methoxy groups -OCH3 is 1. The molecule has 0 spiro atoms. The average molecular weight is 382 g/mol. The lowest BCUT2D eigenvalue weighted by Gasteiger charge is -2.20. The van der Waals surface area contributed by atoms with Crippen LogP contribution in [-0.4, -0.2) is 19.8 Å². The van der Waals surface area contributed by atoms with Crippen LogP contribution >= 0.6 is 22.6 Å². The maximum Gasteiger partial charge on any atom is 0.118 e. The maximum atomic E-state index is 5.87. The fraction of sp³-hybridized carbons (Fsp3) is 0.412. The van der Waals surface area contributed by atoms with Crippen molar-refractivity contribution in [1.82, 2.24) is 0 Å². The van der Waals surface area contributed by atoms with E-state index in [1.807, 2.05) is 24.3 Å². The second kappa shape index (κ2) is 8.33. The van der Waals surface area contributed by atoms with Gasteiger partial charge in [-0.15, -0.1) is 0 Å². The van der Waals surface area contributed by atoms with Gasteiger partial charge in [0.1, 0.15) is 5.75 Å². The second-order valence-electron chi connectivity index (χ2n) is 4.66. The summed E-state index contributed by atoms with van der Waals surface area (Å²) in [5, 5.41) is 0. The molecule has 3 heteroatoms. The topological polar surface area (TPSA) is 18.5 Å². The van der Waals surface area contributed by atoms with Crippen LogP contribution < -0.4 is 4.74 Å². The highest BCUT2D eigenvalue weighted by Gasteiger charge is 2.15. The van der Waals surface area contributed by atoms with Gasteiger partial charge >= 0.3 is 0 Å². The smallest absolute Gasteiger partial charge is 0.118 e. The molecule has 1 unspecified atom stereocenters. The number of hydrogen-bond acceptors (Lipinski definition) is 2. The van der Waals surface area contributed by atoms with Crippen molar-refractivity contribution < 1.29 is 9.47 Å². The molecule has 0 aliphatic heterocycles. The van der Waals surface area contributed by atoms with Gasteiger partial charge < -0.3 is 9.47 Å². The molecule has 0 fully saturated rings. The van der Waals surface area contributed by atoms with E-state index < -0.39 is 0 Å². The van der Waals surface area contributed by atoms with Crippen molar-refractivity contribution in [2.24, 2.45) is 0 Å². The Kier molecular flexibility index (Phi) is 6.41. The molecule has 2 rings (SSSR count). The fourth-order valence-corrected chi connectivity index (χ4v) is 2.87. The summed E-state index contributed by atoms with van der Waals surface area (Å²) in [6, 6.07) is 7.80. The monoisotopic (exact) mass is 382 g/mol. The SMILES string of the molecule is COc1ccc(C#CCCOC2CCCC=C2I)cc1. The van der Waals surface area contributed by atoms with E-state index in [-0.39, 0.29) is 0 Å². The summed E-state index contributed by atoms with van der Waals surface area (Å²) in [4.78, 5) is 0. The van der Waals surface area contributed by atoms with Gasteiger partial charge in [0.25, 0.3) is 0 Å². The minimum atomic E-state index is 0.298. The maximum absolute atomic E-state index is 5.87. The zero-order valence-electron chi connectivity index (χ0n) is 11.7. The Morgan fingerprint density at radius 3 is 2.80 bits per heavy atom. The number of benzene rings is 1. The molecule has 1 aliphatic rings. The molecule has 20 heavy (non-hydrogen) atoms. The standard InChI is InChI=1S/C17H19IO2/c1-19-15-11-9-14(10-12-15)6-4-5-13-20-17-8-3-2-7-16(17)18/h7,9-12,17H,2-3,5,8,13H2,1H3. The van der Waals surface area contributed by atoms with Gasteiger partial charge in [0.15, 0.2) is 0 Å². The van der Waals surface area contributed by atoms with Gasteiger partial charge in [-0.3, -0.25) is 0 Å². The molecule has 0 N–H and O–H groups in total. The summed E-state index contributed by atoms with van der Waals surface area (Å²) >= 11 is 2.38. The first-order chi connectivity index (χ1) is 9.79. The van der Waals surface area contributed by atoms with E-state index in [4.69, 9.17) is 9.47 Å². The van der Waals surface area contributed by atoms with Crippen LogP contribution in [0.1, 0.15) is 31.2 Å². The van der Waals surface area contributed by atoms with E-state index in [9.17, 15) is 0 Å². The average Bonchev–Trinajstić information content (AvgIpc) is 2.49. The number of rotatable bonds is 4. The molecule has 0 amide bonds. The lowest BCUT2D eigenvalue weighted by molar-refractivity contribution is 0.0785. The Hall–Kier alpha value is -0.990. The van der Waals surface area contributed by atoms with Crippen LogP contribution in [0.5, 0.6) is 5.75 Å². The Balaban J connectivity index is 1.74. The van der Waals surface area contributed by atoms with Crippen molar-refractivity contribution in [3.8, 4) is 17.6 Å². The summed E-state index contributed by atoms with van der Waals surface area (Å²) in [5.41, 5.74) is 1.01. The van der Waals surface area contributed by atoms with Crippen molar-refractivity contribution in [2.45, 2.75) is 31.8 Å². The molecule has 0 saturated carbocycles. The zero-order valence-corrected chi connectivity index (χ0v) is 13.9. The Labute approximate surface area is 134 Å². The van der Waals surface area contributed by atoms with E-state index in [1.54, 1.807) is 7.11 Å².